The zero-order valence-corrected chi connectivity index (χ0v) is 12.2. The highest BCUT2D eigenvalue weighted by molar-refractivity contribution is 6.39. The van der Waals surface area contributed by atoms with Crippen molar-refractivity contribution in [2.45, 2.75) is 13.3 Å². The second-order valence-corrected chi connectivity index (χ2v) is 4.78. The van der Waals surface area contributed by atoms with Crippen LogP contribution in [0.4, 0.5) is 5.69 Å². The average Bonchev–Trinajstić information content (AvgIpc) is 2.78. The molecule has 1 aromatic rings. The molecular weight excluding hydrogens is 270 g/mol. The Labute approximate surface area is 124 Å². The molecule has 6 heteroatoms. The highest BCUT2D eigenvalue weighted by atomic mass is 16.5. The van der Waals surface area contributed by atoms with Crippen molar-refractivity contribution in [1.82, 2.24) is 10.2 Å². The number of ether oxygens (including phenoxy) is 1. The van der Waals surface area contributed by atoms with Gasteiger partial charge >= 0.3 is 11.8 Å². The van der Waals surface area contributed by atoms with Crippen LogP contribution in [0, 0.1) is 0 Å². The van der Waals surface area contributed by atoms with E-state index >= 15 is 0 Å². The number of benzene rings is 1. The normalized spacial score (nSPS) is 15.2. The summed E-state index contributed by atoms with van der Waals surface area (Å²) in [5, 5.41) is 5.84. The molecule has 114 valence electrons. The topological polar surface area (TPSA) is 70.7 Å². The molecule has 0 saturated carbocycles. The first kappa shape index (κ1) is 15.3. The van der Waals surface area contributed by atoms with E-state index in [1.165, 1.54) is 0 Å². The van der Waals surface area contributed by atoms with E-state index in [0.29, 0.717) is 37.7 Å². The maximum absolute atomic E-state index is 12.2. The zero-order chi connectivity index (χ0) is 15.1. The van der Waals surface area contributed by atoms with Gasteiger partial charge in [0.15, 0.2) is 0 Å². The Morgan fingerprint density at radius 2 is 2.10 bits per heavy atom. The molecule has 1 aromatic carbocycles. The number of para-hydroxylation sites is 2. The first-order valence-electron chi connectivity index (χ1n) is 7.25. The summed E-state index contributed by atoms with van der Waals surface area (Å²) in [6, 6.07) is 7.10. The van der Waals surface area contributed by atoms with E-state index in [4.69, 9.17) is 4.74 Å². The number of rotatable bonds is 3. The summed E-state index contributed by atoms with van der Waals surface area (Å²) in [7, 11) is 0. The van der Waals surface area contributed by atoms with Gasteiger partial charge in [0.05, 0.1) is 12.3 Å². The first-order chi connectivity index (χ1) is 10.2. The van der Waals surface area contributed by atoms with Gasteiger partial charge in [-0.2, -0.15) is 0 Å². The molecule has 1 saturated heterocycles. The van der Waals surface area contributed by atoms with E-state index in [0.717, 1.165) is 13.0 Å². The van der Waals surface area contributed by atoms with Crippen LogP contribution in [-0.2, 0) is 9.59 Å². The first-order valence-corrected chi connectivity index (χ1v) is 7.25. The Bertz CT molecular complexity index is 497. The van der Waals surface area contributed by atoms with Gasteiger partial charge in [0.25, 0.3) is 0 Å². The Balaban J connectivity index is 2.01. The fourth-order valence-corrected chi connectivity index (χ4v) is 2.22. The number of hydrogen-bond donors (Lipinski definition) is 2. The maximum Gasteiger partial charge on any atom is 0.314 e. The van der Waals surface area contributed by atoms with Gasteiger partial charge in [0.1, 0.15) is 5.75 Å². The van der Waals surface area contributed by atoms with Crippen LogP contribution in [-0.4, -0.2) is 49.5 Å². The molecule has 2 amide bonds. The fourth-order valence-electron chi connectivity index (χ4n) is 2.22. The lowest BCUT2D eigenvalue weighted by Crippen LogP contribution is -2.41. The second kappa shape index (κ2) is 7.64. The standard InChI is InChI=1S/C15H21N3O3/c1-2-21-13-7-4-3-6-12(13)17-14(19)15(20)18-10-5-8-16-9-11-18/h3-4,6-7,16H,2,5,8-11H2,1H3,(H,17,19). The number of amides is 2. The van der Waals surface area contributed by atoms with Crippen molar-refractivity contribution in [3.8, 4) is 5.75 Å². The Morgan fingerprint density at radius 3 is 2.90 bits per heavy atom. The van der Waals surface area contributed by atoms with Crippen molar-refractivity contribution in [2.75, 3.05) is 38.1 Å². The number of nitrogens with one attached hydrogen (secondary N) is 2. The molecule has 1 heterocycles. The zero-order valence-electron chi connectivity index (χ0n) is 12.2. The predicted octanol–water partition coefficient (Wildman–Crippen LogP) is 0.846. The molecule has 0 radical (unpaired) electrons. The van der Waals surface area contributed by atoms with E-state index in [-0.39, 0.29) is 0 Å². The van der Waals surface area contributed by atoms with Gasteiger partial charge in [-0.3, -0.25) is 9.59 Å². The van der Waals surface area contributed by atoms with Crippen LogP contribution in [0.25, 0.3) is 0 Å². The highest BCUT2D eigenvalue weighted by Gasteiger charge is 2.23. The lowest BCUT2D eigenvalue weighted by molar-refractivity contribution is -0.143. The van der Waals surface area contributed by atoms with Gasteiger partial charge in [-0.05, 0) is 32.0 Å². The highest BCUT2D eigenvalue weighted by Crippen LogP contribution is 2.23. The largest absolute Gasteiger partial charge is 0.492 e. The van der Waals surface area contributed by atoms with Crippen LogP contribution in [0.15, 0.2) is 24.3 Å². The SMILES string of the molecule is CCOc1ccccc1NC(=O)C(=O)N1CCCNCC1. The Morgan fingerprint density at radius 1 is 1.29 bits per heavy atom. The van der Waals surface area contributed by atoms with Crippen molar-refractivity contribution < 1.29 is 14.3 Å². The number of nitrogens with zero attached hydrogens (tertiary/aromatic N) is 1. The summed E-state index contributed by atoms with van der Waals surface area (Å²) >= 11 is 0. The molecule has 0 aliphatic carbocycles. The smallest absolute Gasteiger partial charge is 0.314 e. The lowest BCUT2D eigenvalue weighted by Gasteiger charge is -2.19. The molecule has 1 aliphatic rings. The third-order valence-electron chi connectivity index (χ3n) is 3.26. The van der Waals surface area contributed by atoms with Crippen LogP contribution in [0.2, 0.25) is 0 Å². The molecule has 0 bridgehead atoms. The van der Waals surface area contributed by atoms with Crippen LogP contribution >= 0.6 is 0 Å². The molecule has 6 nitrogen and oxygen atoms in total. The van der Waals surface area contributed by atoms with Gasteiger partial charge in [0, 0.05) is 19.6 Å². The number of anilines is 1. The molecule has 0 aromatic heterocycles. The van der Waals surface area contributed by atoms with Crippen molar-refractivity contribution in [3.05, 3.63) is 24.3 Å². The van der Waals surface area contributed by atoms with Crippen molar-refractivity contribution in [3.63, 3.8) is 0 Å². The summed E-state index contributed by atoms with van der Waals surface area (Å²) in [5.74, 6) is -0.548. The van der Waals surface area contributed by atoms with E-state index < -0.39 is 11.8 Å². The third-order valence-corrected chi connectivity index (χ3v) is 3.26. The Hall–Kier alpha value is -2.08. The van der Waals surface area contributed by atoms with Crippen molar-refractivity contribution in [1.29, 1.82) is 0 Å². The minimum Gasteiger partial charge on any atom is -0.492 e. The maximum atomic E-state index is 12.2. The average molecular weight is 291 g/mol. The molecular formula is C15H21N3O3. The molecule has 1 aliphatic heterocycles. The van der Waals surface area contributed by atoms with Crippen LogP contribution in [0.1, 0.15) is 13.3 Å². The molecule has 1 fully saturated rings. The van der Waals surface area contributed by atoms with Gasteiger partial charge in [-0.25, -0.2) is 0 Å². The lowest BCUT2D eigenvalue weighted by atomic mass is 10.3. The third kappa shape index (κ3) is 4.19. The quantitative estimate of drug-likeness (QED) is 0.810. The number of hydrogen-bond acceptors (Lipinski definition) is 4. The van der Waals surface area contributed by atoms with Crippen molar-refractivity contribution >= 4 is 17.5 Å². The molecule has 21 heavy (non-hydrogen) atoms. The fraction of sp³-hybridized carbons (Fsp3) is 0.467. The van der Waals surface area contributed by atoms with Crippen molar-refractivity contribution in [2.24, 2.45) is 0 Å². The minimum atomic E-state index is -0.621. The van der Waals surface area contributed by atoms with Crippen LogP contribution in [0.5, 0.6) is 5.75 Å². The number of carbonyl (C=O) groups is 2. The monoisotopic (exact) mass is 291 g/mol. The van der Waals surface area contributed by atoms with Crippen LogP contribution in [0.3, 0.4) is 0 Å². The van der Waals surface area contributed by atoms with Gasteiger partial charge < -0.3 is 20.3 Å². The predicted molar refractivity (Wildman–Crippen MR) is 80.3 cm³/mol. The van der Waals surface area contributed by atoms with Gasteiger partial charge in [-0.1, -0.05) is 12.1 Å². The summed E-state index contributed by atoms with van der Waals surface area (Å²) < 4.78 is 5.43. The van der Waals surface area contributed by atoms with Gasteiger partial charge in [0.2, 0.25) is 0 Å². The molecule has 2 N–H and O–H groups in total. The second-order valence-electron chi connectivity index (χ2n) is 4.78. The summed E-state index contributed by atoms with van der Waals surface area (Å²) in [6.45, 7) is 5.12. The Kier molecular flexibility index (Phi) is 5.57. The number of carbonyl (C=O) groups excluding carboxylic acids is 2. The van der Waals surface area contributed by atoms with Gasteiger partial charge in [-0.15, -0.1) is 0 Å². The van der Waals surface area contributed by atoms with E-state index in [9.17, 15) is 9.59 Å². The van der Waals surface area contributed by atoms with E-state index in [1.54, 1.807) is 23.1 Å². The molecule has 0 spiro atoms. The van der Waals surface area contributed by atoms with E-state index in [1.807, 2.05) is 13.0 Å². The molecule has 0 atom stereocenters. The molecule has 2 rings (SSSR count). The van der Waals surface area contributed by atoms with Crippen LogP contribution < -0.4 is 15.4 Å². The minimum absolute atomic E-state index is 0.495. The summed E-state index contributed by atoms with van der Waals surface area (Å²) in [4.78, 5) is 25.9. The summed E-state index contributed by atoms with van der Waals surface area (Å²) in [6.07, 6.45) is 0.856. The molecule has 0 unspecified atom stereocenters. The summed E-state index contributed by atoms with van der Waals surface area (Å²) in [5.41, 5.74) is 0.519. The van der Waals surface area contributed by atoms with E-state index in [2.05, 4.69) is 10.6 Å².